The van der Waals surface area contributed by atoms with Crippen molar-refractivity contribution in [1.29, 1.82) is 0 Å². The molecule has 0 radical (unpaired) electrons. The molecule has 8 atom stereocenters. The quantitative estimate of drug-likeness (QED) is 0.597. The third-order valence-electron chi connectivity index (χ3n) is 9.59. The zero-order valence-corrected chi connectivity index (χ0v) is 17.2. The molecular formula is C23H38O2. The SMILES string of the molecule is CCC1CC2C3CC4CC2C(C)(C1)C(C3)C4(C)OC(=O)C(C)(C)CC. The monoisotopic (exact) mass is 346 g/mol. The maximum Gasteiger partial charge on any atom is 0.312 e. The first-order valence-electron chi connectivity index (χ1n) is 10.9. The lowest BCUT2D eigenvalue weighted by Crippen LogP contribution is -2.70. The minimum Gasteiger partial charge on any atom is -0.458 e. The van der Waals surface area contributed by atoms with Gasteiger partial charge < -0.3 is 4.74 Å². The van der Waals surface area contributed by atoms with E-state index in [4.69, 9.17) is 4.74 Å². The van der Waals surface area contributed by atoms with Gasteiger partial charge in [0.1, 0.15) is 5.60 Å². The summed E-state index contributed by atoms with van der Waals surface area (Å²) in [6.45, 7) is 13.4. The van der Waals surface area contributed by atoms with Crippen LogP contribution in [0.1, 0.15) is 86.5 Å². The number of hydrogen-bond donors (Lipinski definition) is 0. The average molecular weight is 347 g/mol. The maximum atomic E-state index is 13.0. The predicted molar refractivity (Wildman–Crippen MR) is 101 cm³/mol. The van der Waals surface area contributed by atoms with E-state index in [1.807, 2.05) is 13.8 Å². The standard InChI is InChI=1S/C23H38O2/c1-7-14-9-17-15-10-16-12-18(17)22(5,13-14)19(11-15)23(16,6)25-20(24)21(3,4)8-2/h14-19H,7-13H2,1-6H3. The fraction of sp³-hybridized carbons (Fsp3) is 0.957. The summed E-state index contributed by atoms with van der Waals surface area (Å²) in [5, 5.41) is 0. The van der Waals surface area contributed by atoms with Crippen LogP contribution in [0.5, 0.6) is 0 Å². The molecule has 142 valence electrons. The summed E-state index contributed by atoms with van der Waals surface area (Å²) < 4.78 is 6.46. The minimum atomic E-state index is -0.361. The molecule has 5 rings (SSSR count). The van der Waals surface area contributed by atoms with E-state index in [1.54, 1.807) is 0 Å². The highest BCUT2D eigenvalue weighted by molar-refractivity contribution is 5.76. The topological polar surface area (TPSA) is 26.3 Å². The molecule has 5 fully saturated rings. The largest absolute Gasteiger partial charge is 0.458 e. The summed E-state index contributed by atoms with van der Waals surface area (Å²) in [7, 11) is 0. The molecule has 2 heteroatoms. The predicted octanol–water partition coefficient (Wildman–Crippen LogP) is 5.84. The van der Waals surface area contributed by atoms with Gasteiger partial charge in [-0.2, -0.15) is 0 Å². The second-order valence-corrected chi connectivity index (χ2v) is 11.0. The van der Waals surface area contributed by atoms with Crippen LogP contribution in [0.3, 0.4) is 0 Å². The fourth-order valence-electron chi connectivity index (χ4n) is 7.64. The maximum absolute atomic E-state index is 13.0. The molecule has 5 aliphatic carbocycles. The molecule has 0 saturated heterocycles. The summed E-state index contributed by atoms with van der Waals surface area (Å²) in [5.74, 6) is 4.85. The van der Waals surface area contributed by atoms with Gasteiger partial charge in [-0.1, -0.05) is 27.2 Å². The number of carbonyl (C=O) groups excluding carboxylic acids is 1. The number of rotatable bonds is 4. The lowest BCUT2D eigenvalue weighted by molar-refractivity contribution is -0.277. The van der Waals surface area contributed by atoms with Crippen molar-refractivity contribution >= 4 is 5.97 Å². The Bertz CT molecular complexity index is 566. The van der Waals surface area contributed by atoms with Gasteiger partial charge in [0.05, 0.1) is 5.41 Å². The van der Waals surface area contributed by atoms with Crippen molar-refractivity contribution in [2.75, 3.05) is 0 Å². The first-order valence-corrected chi connectivity index (χ1v) is 10.9. The Morgan fingerprint density at radius 3 is 2.48 bits per heavy atom. The van der Waals surface area contributed by atoms with Gasteiger partial charge in [0.25, 0.3) is 0 Å². The second kappa shape index (κ2) is 5.49. The van der Waals surface area contributed by atoms with E-state index in [9.17, 15) is 4.79 Å². The Morgan fingerprint density at radius 1 is 1.12 bits per heavy atom. The molecule has 25 heavy (non-hydrogen) atoms. The zero-order chi connectivity index (χ0) is 18.2. The van der Waals surface area contributed by atoms with Crippen LogP contribution >= 0.6 is 0 Å². The Kier molecular flexibility index (Phi) is 3.92. The van der Waals surface area contributed by atoms with Gasteiger partial charge in [-0.05, 0) is 94.3 Å². The molecule has 5 aliphatic rings. The number of carbonyl (C=O) groups is 1. The van der Waals surface area contributed by atoms with Gasteiger partial charge >= 0.3 is 5.97 Å². The van der Waals surface area contributed by atoms with E-state index in [0.717, 1.165) is 30.1 Å². The highest BCUT2D eigenvalue weighted by atomic mass is 16.6. The highest BCUT2D eigenvalue weighted by Crippen LogP contribution is 2.73. The number of hydrogen-bond acceptors (Lipinski definition) is 2. The van der Waals surface area contributed by atoms with Crippen molar-refractivity contribution < 1.29 is 9.53 Å². The summed E-state index contributed by atoms with van der Waals surface area (Å²) in [4.78, 5) is 13.0. The Labute approximate surface area is 154 Å². The van der Waals surface area contributed by atoms with E-state index < -0.39 is 0 Å². The average Bonchev–Trinajstić information content (AvgIpc) is 2.56. The molecule has 0 N–H and O–H groups in total. The minimum absolute atomic E-state index is 0.0352. The summed E-state index contributed by atoms with van der Waals surface area (Å²) in [6, 6.07) is 0. The van der Waals surface area contributed by atoms with Crippen LogP contribution in [0, 0.1) is 46.3 Å². The van der Waals surface area contributed by atoms with Crippen molar-refractivity contribution in [3.63, 3.8) is 0 Å². The van der Waals surface area contributed by atoms with Crippen LogP contribution in [0.25, 0.3) is 0 Å². The highest BCUT2D eigenvalue weighted by Gasteiger charge is 2.70. The molecule has 0 aliphatic heterocycles. The van der Waals surface area contributed by atoms with Gasteiger partial charge in [-0.25, -0.2) is 0 Å². The van der Waals surface area contributed by atoms with Crippen molar-refractivity contribution in [1.82, 2.24) is 0 Å². The van der Waals surface area contributed by atoms with Crippen LogP contribution in [0.4, 0.5) is 0 Å². The van der Waals surface area contributed by atoms with Gasteiger partial charge in [0.15, 0.2) is 0 Å². The molecule has 2 nitrogen and oxygen atoms in total. The molecule has 5 saturated carbocycles. The Balaban J connectivity index is 1.67. The van der Waals surface area contributed by atoms with Crippen molar-refractivity contribution in [3.8, 4) is 0 Å². The summed E-state index contributed by atoms with van der Waals surface area (Å²) in [6.07, 6.45) is 8.92. The lowest BCUT2D eigenvalue weighted by atomic mass is 9.34. The molecule has 0 aromatic rings. The second-order valence-electron chi connectivity index (χ2n) is 11.0. The first kappa shape index (κ1) is 17.9. The third kappa shape index (κ3) is 2.31. The molecule has 8 unspecified atom stereocenters. The van der Waals surface area contributed by atoms with Gasteiger partial charge in [-0.3, -0.25) is 4.79 Å². The number of esters is 1. The summed E-state index contributed by atoms with van der Waals surface area (Å²) in [5.41, 5.74) is -0.200. The molecular weight excluding hydrogens is 308 g/mol. The van der Waals surface area contributed by atoms with Gasteiger partial charge in [-0.15, -0.1) is 0 Å². The van der Waals surface area contributed by atoms with Crippen LogP contribution in [0.15, 0.2) is 0 Å². The van der Waals surface area contributed by atoms with Crippen molar-refractivity contribution in [2.24, 2.45) is 46.3 Å². The molecule has 0 aromatic heterocycles. The van der Waals surface area contributed by atoms with E-state index in [0.29, 0.717) is 17.3 Å². The third-order valence-corrected chi connectivity index (χ3v) is 9.59. The van der Waals surface area contributed by atoms with Crippen LogP contribution in [-0.4, -0.2) is 11.6 Å². The zero-order valence-electron chi connectivity index (χ0n) is 17.2. The molecule has 0 aromatic carbocycles. The van der Waals surface area contributed by atoms with Crippen LogP contribution in [-0.2, 0) is 9.53 Å². The Morgan fingerprint density at radius 2 is 1.84 bits per heavy atom. The Hall–Kier alpha value is -0.530. The normalized spacial score (nSPS) is 50.8. The smallest absolute Gasteiger partial charge is 0.312 e. The molecule has 0 heterocycles. The molecule has 6 bridgehead atoms. The lowest BCUT2D eigenvalue weighted by Gasteiger charge is -2.72. The molecule has 0 spiro atoms. The van der Waals surface area contributed by atoms with E-state index >= 15 is 0 Å². The summed E-state index contributed by atoms with van der Waals surface area (Å²) >= 11 is 0. The van der Waals surface area contributed by atoms with E-state index in [-0.39, 0.29) is 17.0 Å². The van der Waals surface area contributed by atoms with E-state index in [2.05, 4.69) is 27.7 Å². The van der Waals surface area contributed by atoms with Crippen LogP contribution in [0.2, 0.25) is 0 Å². The van der Waals surface area contributed by atoms with E-state index in [1.165, 1.54) is 38.5 Å². The molecule has 0 amide bonds. The van der Waals surface area contributed by atoms with Gasteiger partial charge in [0, 0.05) is 5.92 Å². The van der Waals surface area contributed by atoms with Crippen molar-refractivity contribution in [3.05, 3.63) is 0 Å². The van der Waals surface area contributed by atoms with Crippen molar-refractivity contribution in [2.45, 2.75) is 92.1 Å². The first-order chi connectivity index (χ1) is 11.7. The number of ether oxygens (including phenoxy) is 1. The van der Waals surface area contributed by atoms with Gasteiger partial charge in [0.2, 0.25) is 0 Å². The van der Waals surface area contributed by atoms with Crippen LogP contribution < -0.4 is 0 Å². The fourth-order valence-corrected chi connectivity index (χ4v) is 7.64.